The molecule has 0 bridgehead atoms. The van der Waals surface area contributed by atoms with Gasteiger partial charge in [0.1, 0.15) is 11.5 Å². The number of rotatable bonds is 5. The Morgan fingerprint density at radius 1 is 1.28 bits per heavy atom. The van der Waals surface area contributed by atoms with E-state index in [4.69, 9.17) is 10.5 Å². The monoisotopic (exact) mass is 436 g/mol. The lowest BCUT2D eigenvalue weighted by Gasteiger charge is -2.19. The summed E-state index contributed by atoms with van der Waals surface area (Å²) >= 11 is 0. The van der Waals surface area contributed by atoms with Crippen molar-refractivity contribution in [3.63, 3.8) is 0 Å². The van der Waals surface area contributed by atoms with Gasteiger partial charge in [-0.3, -0.25) is 4.90 Å². The van der Waals surface area contributed by atoms with Gasteiger partial charge in [-0.2, -0.15) is 0 Å². The van der Waals surface area contributed by atoms with Crippen LogP contribution in [0.5, 0.6) is 6.01 Å². The number of carboxylic acid groups (broad SMARTS) is 1. The third kappa shape index (κ3) is 2.94. The molecule has 164 valence electrons. The number of methoxy groups -OCH3 is 1. The van der Waals surface area contributed by atoms with Gasteiger partial charge in [0.2, 0.25) is 0 Å². The first kappa shape index (κ1) is 20.1. The lowest BCUT2D eigenvalue weighted by molar-refractivity contribution is 0.203. The van der Waals surface area contributed by atoms with Crippen molar-refractivity contribution >= 4 is 33.7 Å². The number of halogens is 1. The van der Waals surface area contributed by atoms with Crippen LogP contribution in [0.15, 0.2) is 30.7 Å². The number of aromatic nitrogens is 4. The molecular formula is C22H21FN6O3. The Bertz CT molecular complexity index is 1360. The molecule has 0 unspecified atom stereocenters. The molecule has 0 spiro atoms. The molecule has 1 aromatic carbocycles. The fraction of sp³-hybridized carbons (Fsp3) is 0.273. The molecule has 1 aliphatic carbocycles. The molecule has 1 aliphatic rings. The molecule has 4 aromatic rings. The van der Waals surface area contributed by atoms with Crippen molar-refractivity contribution < 1.29 is 19.0 Å². The van der Waals surface area contributed by atoms with Gasteiger partial charge in [0, 0.05) is 59.5 Å². The van der Waals surface area contributed by atoms with Gasteiger partial charge in [0.05, 0.1) is 18.3 Å². The molecule has 3 heterocycles. The number of anilines is 1. The van der Waals surface area contributed by atoms with Crippen molar-refractivity contribution in [2.75, 3.05) is 25.6 Å². The molecule has 10 heteroatoms. The summed E-state index contributed by atoms with van der Waals surface area (Å²) in [6.07, 6.45) is 5.62. The first-order valence-corrected chi connectivity index (χ1v) is 10.1. The summed E-state index contributed by atoms with van der Waals surface area (Å²) in [7, 11) is 2.87. The maximum atomic E-state index is 14.6. The third-order valence-corrected chi connectivity index (χ3v) is 6.22. The quantitative estimate of drug-likeness (QED) is 0.437. The number of benzene rings is 1. The second-order valence-electron chi connectivity index (χ2n) is 8.03. The summed E-state index contributed by atoms with van der Waals surface area (Å²) in [5.41, 5.74) is 9.66. The SMILES string of the molecule is COc1ncc(-c2cnc3[nH]c4c(N(C)C(=O)O)cc(F)cc4c3c2C2(CN)CC2)cn1. The number of nitrogens with one attached hydrogen (secondary N) is 1. The van der Waals surface area contributed by atoms with Crippen LogP contribution in [-0.4, -0.2) is 51.8 Å². The number of pyridine rings is 1. The van der Waals surface area contributed by atoms with Gasteiger partial charge in [0.25, 0.3) is 0 Å². The molecule has 1 saturated carbocycles. The van der Waals surface area contributed by atoms with Crippen LogP contribution in [0.1, 0.15) is 18.4 Å². The lowest BCUT2D eigenvalue weighted by Crippen LogP contribution is -2.24. The van der Waals surface area contributed by atoms with Crippen molar-refractivity contribution in [2.45, 2.75) is 18.3 Å². The maximum Gasteiger partial charge on any atom is 0.411 e. The predicted molar refractivity (Wildman–Crippen MR) is 118 cm³/mol. The summed E-state index contributed by atoms with van der Waals surface area (Å²) in [4.78, 5) is 28.8. The van der Waals surface area contributed by atoms with Gasteiger partial charge in [-0.05, 0) is 30.5 Å². The number of carbonyl (C=O) groups is 1. The highest BCUT2D eigenvalue weighted by molar-refractivity contribution is 6.14. The first-order valence-electron chi connectivity index (χ1n) is 10.1. The van der Waals surface area contributed by atoms with Crippen LogP contribution in [0.2, 0.25) is 0 Å². The topological polar surface area (TPSA) is 130 Å². The Balaban J connectivity index is 1.86. The summed E-state index contributed by atoms with van der Waals surface area (Å²) < 4.78 is 19.7. The van der Waals surface area contributed by atoms with E-state index in [9.17, 15) is 14.3 Å². The van der Waals surface area contributed by atoms with E-state index < -0.39 is 11.9 Å². The van der Waals surface area contributed by atoms with E-state index in [0.717, 1.165) is 39.8 Å². The van der Waals surface area contributed by atoms with Gasteiger partial charge in [-0.25, -0.2) is 24.1 Å². The molecule has 32 heavy (non-hydrogen) atoms. The Labute approximate surface area is 182 Å². The zero-order chi connectivity index (χ0) is 22.6. The number of H-pyrrole nitrogens is 1. The van der Waals surface area contributed by atoms with Crippen LogP contribution in [0.3, 0.4) is 0 Å². The average Bonchev–Trinajstić information content (AvgIpc) is 3.51. The second kappa shape index (κ2) is 7.13. The van der Waals surface area contributed by atoms with Crippen LogP contribution in [0, 0.1) is 5.82 Å². The van der Waals surface area contributed by atoms with Crippen molar-refractivity contribution in [1.82, 2.24) is 19.9 Å². The number of nitrogens with zero attached hydrogens (tertiary/aromatic N) is 4. The summed E-state index contributed by atoms with van der Waals surface area (Å²) in [6, 6.07) is 2.85. The molecule has 1 fully saturated rings. The maximum absolute atomic E-state index is 14.6. The molecule has 9 nitrogen and oxygen atoms in total. The second-order valence-corrected chi connectivity index (χ2v) is 8.03. The minimum Gasteiger partial charge on any atom is -0.467 e. The van der Waals surface area contributed by atoms with E-state index in [0.29, 0.717) is 23.1 Å². The molecular weight excluding hydrogens is 415 g/mol. The molecule has 5 rings (SSSR count). The van der Waals surface area contributed by atoms with Gasteiger partial charge in [-0.15, -0.1) is 0 Å². The number of hydrogen-bond donors (Lipinski definition) is 3. The minimum absolute atomic E-state index is 0.211. The number of amides is 1. The Morgan fingerprint density at radius 2 is 2.00 bits per heavy atom. The normalized spacial score (nSPS) is 14.6. The molecule has 1 amide bonds. The van der Waals surface area contributed by atoms with Crippen LogP contribution >= 0.6 is 0 Å². The standard InChI is InChI=1S/C22H21FN6O3/c1-29(21(30)31)15-6-12(23)5-13-16-17(22(10-24)3-4-22)14(9-25-19(16)28-18(13)15)11-7-26-20(32-2)27-8-11/h5-9H,3-4,10,24H2,1-2H3,(H,25,28)(H,30,31). The largest absolute Gasteiger partial charge is 0.467 e. The molecule has 4 N–H and O–H groups in total. The minimum atomic E-state index is -1.19. The first-order chi connectivity index (χ1) is 15.4. The van der Waals surface area contributed by atoms with Crippen molar-refractivity contribution in [2.24, 2.45) is 5.73 Å². The molecule has 0 atom stereocenters. The lowest BCUT2D eigenvalue weighted by atomic mass is 9.87. The molecule has 0 aliphatic heterocycles. The molecule has 0 saturated heterocycles. The van der Waals surface area contributed by atoms with Gasteiger partial charge < -0.3 is 20.6 Å². The van der Waals surface area contributed by atoms with E-state index in [1.54, 1.807) is 18.6 Å². The number of nitrogens with two attached hydrogens (primary N) is 1. The average molecular weight is 436 g/mol. The fourth-order valence-electron chi connectivity index (χ4n) is 4.31. The van der Waals surface area contributed by atoms with Gasteiger partial charge in [-0.1, -0.05) is 0 Å². The number of hydrogen-bond acceptors (Lipinski definition) is 6. The zero-order valence-electron chi connectivity index (χ0n) is 17.5. The number of ether oxygens (including phenoxy) is 1. The summed E-state index contributed by atoms with van der Waals surface area (Å²) in [6.45, 7) is 0.417. The van der Waals surface area contributed by atoms with Crippen molar-refractivity contribution in [1.29, 1.82) is 0 Å². The highest BCUT2D eigenvalue weighted by Crippen LogP contribution is 2.54. The van der Waals surface area contributed by atoms with E-state index >= 15 is 0 Å². The Kier molecular flexibility index (Phi) is 4.48. The van der Waals surface area contributed by atoms with E-state index in [1.807, 2.05) is 0 Å². The van der Waals surface area contributed by atoms with Crippen LogP contribution < -0.4 is 15.4 Å². The van der Waals surface area contributed by atoms with E-state index in [2.05, 4.69) is 19.9 Å². The molecule has 0 radical (unpaired) electrons. The van der Waals surface area contributed by atoms with Gasteiger partial charge in [0.15, 0.2) is 0 Å². The van der Waals surface area contributed by atoms with Crippen molar-refractivity contribution in [3.8, 4) is 17.1 Å². The third-order valence-electron chi connectivity index (χ3n) is 6.22. The summed E-state index contributed by atoms with van der Waals surface area (Å²) in [5, 5.41) is 10.8. The number of fused-ring (bicyclic) bond motifs is 3. The van der Waals surface area contributed by atoms with E-state index in [1.165, 1.54) is 26.3 Å². The van der Waals surface area contributed by atoms with Crippen LogP contribution in [0.4, 0.5) is 14.9 Å². The molecule has 3 aromatic heterocycles. The highest BCUT2D eigenvalue weighted by Gasteiger charge is 2.46. The van der Waals surface area contributed by atoms with Gasteiger partial charge >= 0.3 is 12.1 Å². The predicted octanol–water partition coefficient (Wildman–Crippen LogP) is 3.43. The van der Waals surface area contributed by atoms with Crippen LogP contribution in [0.25, 0.3) is 33.1 Å². The number of aromatic amines is 1. The smallest absolute Gasteiger partial charge is 0.411 e. The highest BCUT2D eigenvalue weighted by atomic mass is 19.1. The van der Waals surface area contributed by atoms with E-state index in [-0.39, 0.29) is 17.1 Å². The Morgan fingerprint density at radius 3 is 2.59 bits per heavy atom. The van der Waals surface area contributed by atoms with Crippen molar-refractivity contribution in [3.05, 3.63) is 42.1 Å². The Hall–Kier alpha value is -3.79. The fourth-order valence-corrected chi connectivity index (χ4v) is 4.31. The zero-order valence-corrected chi connectivity index (χ0v) is 17.5. The summed E-state index contributed by atoms with van der Waals surface area (Å²) in [5.74, 6) is -0.539. The van der Waals surface area contributed by atoms with Crippen LogP contribution in [-0.2, 0) is 5.41 Å².